The first-order valence-electron chi connectivity index (χ1n) is 9.79. The van der Waals surface area contributed by atoms with E-state index < -0.39 is 8.07 Å². The van der Waals surface area contributed by atoms with Crippen LogP contribution in [0.4, 0.5) is 0 Å². The van der Waals surface area contributed by atoms with Crippen molar-refractivity contribution in [3.63, 3.8) is 0 Å². The van der Waals surface area contributed by atoms with Gasteiger partial charge in [0, 0.05) is 6.42 Å². The van der Waals surface area contributed by atoms with E-state index in [0.717, 1.165) is 6.04 Å². The topological polar surface area (TPSA) is 17.1 Å². The van der Waals surface area contributed by atoms with E-state index in [4.69, 9.17) is 0 Å². The second-order valence-electron chi connectivity index (χ2n) is 9.43. The fraction of sp³-hybridized carbons (Fsp3) is 0.400. The van der Waals surface area contributed by atoms with E-state index >= 15 is 0 Å². The highest BCUT2D eigenvalue weighted by molar-refractivity contribution is 7.04. The fourth-order valence-corrected chi connectivity index (χ4v) is 9.90. The van der Waals surface area contributed by atoms with Crippen molar-refractivity contribution in [2.24, 2.45) is 5.41 Å². The quantitative estimate of drug-likeness (QED) is 0.452. The Hall–Kier alpha value is -1.93. The van der Waals surface area contributed by atoms with Crippen LogP contribution in [0, 0.1) is 5.41 Å². The zero-order valence-electron chi connectivity index (χ0n) is 17.8. The third-order valence-electron chi connectivity index (χ3n) is 5.94. The van der Waals surface area contributed by atoms with E-state index in [-0.39, 0.29) is 16.2 Å². The molecule has 27 heavy (non-hydrogen) atoms. The largest absolute Gasteiger partial charge is 0.300 e. The molecule has 0 N–H and O–H groups in total. The van der Waals surface area contributed by atoms with Gasteiger partial charge in [0.2, 0.25) is 0 Å². The van der Waals surface area contributed by atoms with Gasteiger partial charge < -0.3 is 0 Å². The molecule has 0 heterocycles. The van der Waals surface area contributed by atoms with E-state index in [2.05, 4.69) is 102 Å². The summed E-state index contributed by atoms with van der Waals surface area (Å²) >= 11 is 0. The van der Waals surface area contributed by atoms with E-state index in [9.17, 15) is 4.79 Å². The van der Waals surface area contributed by atoms with Crippen LogP contribution in [0.5, 0.6) is 0 Å². The van der Waals surface area contributed by atoms with Crippen molar-refractivity contribution in [1.82, 2.24) is 0 Å². The fourth-order valence-electron chi connectivity index (χ4n) is 4.25. The van der Waals surface area contributed by atoms with Crippen LogP contribution in [0.25, 0.3) is 0 Å². The SMILES string of the molecule is C=C(C[Si](c1ccccc1)(c1ccccc1)C(C)(C)C)C(C)(C)CC(C)=O. The van der Waals surface area contributed by atoms with Crippen LogP contribution in [-0.4, -0.2) is 13.9 Å². The lowest BCUT2D eigenvalue weighted by Gasteiger charge is -2.46. The molecule has 2 rings (SSSR count). The summed E-state index contributed by atoms with van der Waals surface area (Å²) in [6.45, 7) is 17.6. The molecule has 0 aliphatic heterocycles. The minimum atomic E-state index is -2.18. The summed E-state index contributed by atoms with van der Waals surface area (Å²) in [7, 11) is -2.18. The zero-order valence-corrected chi connectivity index (χ0v) is 18.8. The average molecular weight is 379 g/mol. The van der Waals surface area contributed by atoms with Crippen LogP contribution in [0.1, 0.15) is 48.0 Å². The molecule has 0 aromatic heterocycles. The summed E-state index contributed by atoms with van der Waals surface area (Å²) in [5, 5.41) is 2.97. The third kappa shape index (κ3) is 4.49. The van der Waals surface area contributed by atoms with Crippen molar-refractivity contribution in [3.8, 4) is 0 Å². The molecular weight excluding hydrogens is 344 g/mol. The van der Waals surface area contributed by atoms with Gasteiger partial charge in [0.05, 0.1) is 0 Å². The number of benzene rings is 2. The monoisotopic (exact) mass is 378 g/mol. The molecule has 0 aliphatic rings. The van der Waals surface area contributed by atoms with Crippen molar-refractivity contribution in [3.05, 3.63) is 72.8 Å². The number of Topliss-reactive ketones (excluding diaryl/α,β-unsaturated/α-hetero) is 1. The summed E-state index contributed by atoms with van der Waals surface area (Å²) in [6.07, 6.45) is 0.546. The number of ketones is 1. The lowest BCUT2D eigenvalue weighted by Crippen LogP contribution is -2.64. The molecular formula is C25H34OSi. The molecule has 0 amide bonds. The Bertz CT molecular complexity index is 743. The predicted molar refractivity (Wildman–Crippen MR) is 121 cm³/mol. The van der Waals surface area contributed by atoms with Crippen LogP contribution in [0.2, 0.25) is 11.1 Å². The van der Waals surface area contributed by atoms with Gasteiger partial charge in [0.1, 0.15) is 13.9 Å². The van der Waals surface area contributed by atoms with Crippen LogP contribution in [0.3, 0.4) is 0 Å². The Labute approximate surface area is 166 Å². The molecule has 0 spiro atoms. The van der Waals surface area contributed by atoms with E-state index in [1.807, 2.05) is 0 Å². The first-order valence-corrected chi connectivity index (χ1v) is 12.0. The molecule has 0 radical (unpaired) electrons. The Morgan fingerprint density at radius 1 is 0.852 bits per heavy atom. The summed E-state index contributed by atoms with van der Waals surface area (Å²) in [5.74, 6) is 0.226. The van der Waals surface area contributed by atoms with Gasteiger partial charge in [-0.25, -0.2) is 0 Å². The maximum atomic E-state index is 11.8. The molecule has 0 bridgehead atoms. The minimum absolute atomic E-state index is 0.102. The Kier molecular flexibility index (Phi) is 6.31. The highest BCUT2D eigenvalue weighted by atomic mass is 28.3. The van der Waals surface area contributed by atoms with Gasteiger partial charge in [-0.3, -0.25) is 4.79 Å². The van der Waals surface area contributed by atoms with Gasteiger partial charge in [-0.05, 0) is 23.4 Å². The molecule has 0 saturated carbocycles. The van der Waals surface area contributed by atoms with Crippen LogP contribution in [-0.2, 0) is 4.79 Å². The third-order valence-corrected chi connectivity index (χ3v) is 12.1. The summed E-state index contributed by atoms with van der Waals surface area (Å²) in [5.41, 5.74) is 0.991. The van der Waals surface area contributed by atoms with E-state index in [0.29, 0.717) is 6.42 Å². The minimum Gasteiger partial charge on any atom is -0.300 e. The van der Waals surface area contributed by atoms with E-state index in [1.165, 1.54) is 15.9 Å². The highest BCUT2D eigenvalue weighted by Gasteiger charge is 2.48. The zero-order chi connectivity index (χ0) is 20.3. The Balaban J connectivity index is 2.66. The average Bonchev–Trinajstić information content (AvgIpc) is 2.58. The van der Waals surface area contributed by atoms with Gasteiger partial charge in [-0.2, -0.15) is 0 Å². The molecule has 2 aromatic carbocycles. The van der Waals surface area contributed by atoms with Gasteiger partial charge in [0.15, 0.2) is 0 Å². The van der Waals surface area contributed by atoms with Crippen LogP contribution in [0.15, 0.2) is 72.8 Å². The molecule has 2 heteroatoms. The normalized spacial score (nSPS) is 12.7. The summed E-state index contributed by atoms with van der Waals surface area (Å²) in [6, 6.07) is 22.9. The van der Waals surface area contributed by atoms with E-state index in [1.54, 1.807) is 6.92 Å². The van der Waals surface area contributed by atoms with Gasteiger partial charge >= 0.3 is 0 Å². The molecule has 0 aliphatic carbocycles. The van der Waals surface area contributed by atoms with Crippen molar-refractivity contribution in [2.45, 2.75) is 59.0 Å². The number of allylic oxidation sites excluding steroid dienone is 1. The number of hydrogen-bond acceptors (Lipinski definition) is 1. The van der Waals surface area contributed by atoms with Gasteiger partial charge in [0.25, 0.3) is 0 Å². The lowest BCUT2D eigenvalue weighted by molar-refractivity contribution is -0.118. The number of carbonyl (C=O) groups excluding carboxylic acids is 1. The van der Waals surface area contributed by atoms with Gasteiger partial charge in [-0.1, -0.05) is 118 Å². The predicted octanol–water partition coefficient (Wildman–Crippen LogP) is 5.61. The Morgan fingerprint density at radius 2 is 1.26 bits per heavy atom. The van der Waals surface area contributed by atoms with Crippen molar-refractivity contribution >= 4 is 24.2 Å². The van der Waals surface area contributed by atoms with Crippen molar-refractivity contribution < 1.29 is 4.79 Å². The maximum Gasteiger partial charge on any atom is 0.130 e. The van der Waals surface area contributed by atoms with Crippen LogP contribution >= 0.6 is 0 Å². The molecule has 0 unspecified atom stereocenters. The molecule has 2 aromatic rings. The standard InChI is InChI=1S/C25H34OSi/c1-20(25(6,7)18-21(2)26)19-27(24(3,4)5,22-14-10-8-11-15-22)23-16-12-9-13-17-23/h8-17H,1,18-19H2,2-7H3. The molecule has 0 fully saturated rings. The maximum absolute atomic E-state index is 11.8. The summed E-state index contributed by atoms with van der Waals surface area (Å²) in [4.78, 5) is 11.8. The number of hydrogen-bond donors (Lipinski definition) is 0. The highest BCUT2D eigenvalue weighted by Crippen LogP contribution is 2.44. The number of carbonyl (C=O) groups is 1. The van der Waals surface area contributed by atoms with Crippen molar-refractivity contribution in [2.75, 3.05) is 0 Å². The second kappa shape index (κ2) is 7.98. The summed E-state index contributed by atoms with van der Waals surface area (Å²) < 4.78 is 0. The number of rotatable bonds is 7. The van der Waals surface area contributed by atoms with Crippen LogP contribution < -0.4 is 10.4 Å². The molecule has 0 saturated heterocycles. The Morgan fingerprint density at radius 3 is 1.59 bits per heavy atom. The lowest BCUT2D eigenvalue weighted by atomic mass is 9.81. The molecule has 1 nitrogen and oxygen atoms in total. The molecule has 144 valence electrons. The first-order chi connectivity index (χ1) is 12.5. The second-order valence-corrected chi connectivity index (χ2v) is 14.2. The van der Waals surface area contributed by atoms with Crippen molar-refractivity contribution in [1.29, 1.82) is 0 Å². The molecule has 0 atom stereocenters. The van der Waals surface area contributed by atoms with Gasteiger partial charge in [-0.15, -0.1) is 0 Å². The first kappa shape index (κ1) is 21.4. The smallest absolute Gasteiger partial charge is 0.130 e.